The minimum atomic E-state index is -3.09. The van der Waals surface area contributed by atoms with Gasteiger partial charge in [0.05, 0.1) is 0 Å². The van der Waals surface area contributed by atoms with E-state index < -0.39 is 18.2 Å². The molecule has 1 aromatic heterocycles. The van der Waals surface area contributed by atoms with Crippen molar-refractivity contribution in [3.05, 3.63) is 101 Å². The normalized spacial score (nSPS) is 11.4. The molecule has 0 aliphatic rings. The number of halogens is 4. The Morgan fingerprint density at radius 1 is 0.771 bits per heavy atom. The van der Waals surface area contributed by atoms with Crippen LogP contribution < -0.4 is 4.74 Å². The van der Waals surface area contributed by atoms with Crippen LogP contribution in [0.25, 0.3) is 10.8 Å². The van der Waals surface area contributed by atoms with Gasteiger partial charge < -0.3 is 4.74 Å². The molecule has 0 spiro atoms. The second-order valence-corrected chi connectivity index (χ2v) is 8.49. The lowest BCUT2D eigenvalue weighted by Gasteiger charge is -2.10. The van der Waals surface area contributed by atoms with Crippen molar-refractivity contribution in [2.24, 2.45) is 0 Å². The minimum Gasteiger partial charge on any atom is -0.432 e. The molecule has 0 bridgehead atoms. The SMILES string of the molecule is CCCc1cnc(CCc2ccc3c(F)c(CCc4ccc(OC(F)F)c(F)c4)ccc3c2)nc1. The first-order valence-electron chi connectivity index (χ1n) is 11.7. The number of benzene rings is 3. The maximum Gasteiger partial charge on any atom is 0.387 e. The Labute approximate surface area is 201 Å². The lowest BCUT2D eigenvalue weighted by molar-refractivity contribution is -0.0522. The zero-order chi connectivity index (χ0) is 24.8. The van der Waals surface area contributed by atoms with Gasteiger partial charge in [-0.2, -0.15) is 8.78 Å². The fourth-order valence-corrected chi connectivity index (χ4v) is 4.09. The molecule has 4 rings (SSSR count). The summed E-state index contributed by atoms with van der Waals surface area (Å²) in [6.07, 6.45) is 7.96. The van der Waals surface area contributed by atoms with Crippen LogP contribution in [0.2, 0.25) is 0 Å². The van der Waals surface area contributed by atoms with E-state index in [-0.39, 0.29) is 5.82 Å². The molecule has 0 radical (unpaired) electrons. The number of rotatable bonds is 10. The van der Waals surface area contributed by atoms with E-state index in [0.717, 1.165) is 47.7 Å². The van der Waals surface area contributed by atoms with Crippen molar-refractivity contribution in [2.45, 2.75) is 52.1 Å². The molecule has 4 aromatic rings. The van der Waals surface area contributed by atoms with Gasteiger partial charge in [0.1, 0.15) is 11.6 Å². The summed E-state index contributed by atoms with van der Waals surface area (Å²) in [5.74, 6) is -0.883. The van der Waals surface area contributed by atoms with E-state index in [9.17, 15) is 13.2 Å². The molecule has 182 valence electrons. The van der Waals surface area contributed by atoms with Crippen LogP contribution in [0.3, 0.4) is 0 Å². The van der Waals surface area contributed by atoms with E-state index in [1.165, 1.54) is 12.1 Å². The Kier molecular flexibility index (Phi) is 7.95. The number of aryl methyl sites for hydroxylation is 5. The first-order chi connectivity index (χ1) is 16.9. The van der Waals surface area contributed by atoms with Gasteiger partial charge in [-0.05, 0) is 65.5 Å². The number of aromatic nitrogens is 2. The first kappa shape index (κ1) is 24.6. The van der Waals surface area contributed by atoms with Gasteiger partial charge in [-0.25, -0.2) is 18.7 Å². The fourth-order valence-electron chi connectivity index (χ4n) is 4.09. The van der Waals surface area contributed by atoms with Crippen LogP contribution >= 0.6 is 0 Å². The molecule has 0 unspecified atom stereocenters. The summed E-state index contributed by atoms with van der Waals surface area (Å²) in [7, 11) is 0. The van der Waals surface area contributed by atoms with Crippen molar-refractivity contribution in [1.29, 1.82) is 0 Å². The monoisotopic (exact) mass is 482 g/mol. The predicted octanol–water partition coefficient (Wildman–Crippen LogP) is 7.03. The number of ether oxygens (including phenoxy) is 1. The average Bonchev–Trinajstić information content (AvgIpc) is 2.85. The number of fused-ring (bicyclic) bond motifs is 1. The molecule has 7 heteroatoms. The Balaban J connectivity index is 1.41. The molecule has 0 aliphatic heterocycles. The standard InChI is InChI=1S/C28H26F4N2O/c1-2-3-20-16-33-26(34-17-20)13-7-18-5-11-23-22(14-18)10-9-21(27(23)30)8-4-19-6-12-25(24(29)15-19)35-28(31)32/h5-6,9-12,14-17,28H,2-4,7-8,13H2,1H3. The van der Waals surface area contributed by atoms with E-state index in [1.54, 1.807) is 12.1 Å². The van der Waals surface area contributed by atoms with Gasteiger partial charge in [-0.3, -0.25) is 0 Å². The molecule has 0 amide bonds. The molecule has 0 aliphatic carbocycles. The van der Waals surface area contributed by atoms with Crippen LogP contribution in [-0.2, 0) is 32.1 Å². The van der Waals surface area contributed by atoms with E-state index in [2.05, 4.69) is 21.6 Å². The summed E-state index contributed by atoms with van der Waals surface area (Å²) >= 11 is 0. The van der Waals surface area contributed by atoms with Gasteiger partial charge in [0.2, 0.25) is 0 Å². The van der Waals surface area contributed by atoms with Gasteiger partial charge in [0.25, 0.3) is 0 Å². The molecule has 1 heterocycles. The van der Waals surface area contributed by atoms with Gasteiger partial charge >= 0.3 is 6.61 Å². The molecule has 0 atom stereocenters. The first-order valence-corrected chi connectivity index (χ1v) is 11.7. The molecule has 0 N–H and O–H groups in total. The highest BCUT2D eigenvalue weighted by Crippen LogP contribution is 2.25. The van der Waals surface area contributed by atoms with Crippen molar-refractivity contribution in [2.75, 3.05) is 0 Å². The van der Waals surface area contributed by atoms with Crippen molar-refractivity contribution in [3.8, 4) is 5.75 Å². The minimum absolute atomic E-state index is 0.304. The summed E-state index contributed by atoms with van der Waals surface area (Å²) < 4.78 is 57.8. The zero-order valence-electron chi connectivity index (χ0n) is 19.4. The Hall–Kier alpha value is -3.48. The zero-order valence-corrected chi connectivity index (χ0v) is 19.4. The largest absolute Gasteiger partial charge is 0.432 e. The lowest BCUT2D eigenvalue weighted by atomic mass is 9.98. The molecule has 3 aromatic carbocycles. The highest BCUT2D eigenvalue weighted by Gasteiger charge is 2.12. The smallest absolute Gasteiger partial charge is 0.387 e. The number of nitrogens with zero attached hydrogens (tertiary/aromatic N) is 2. The predicted molar refractivity (Wildman–Crippen MR) is 128 cm³/mol. The second kappa shape index (κ2) is 11.3. The fraction of sp³-hybridized carbons (Fsp3) is 0.286. The summed E-state index contributed by atoms with van der Waals surface area (Å²) in [6.45, 7) is -0.969. The van der Waals surface area contributed by atoms with Crippen molar-refractivity contribution < 1.29 is 22.3 Å². The molecular formula is C28H26F4N2O. The third-order valence-electron chi connectivity index (χ3n) is 5.93. The molecule has 3 nitrogen and oxygen atoms in total. The Morgan fingerprint density at radius 2 is 1.49 bits per heavy atom. The molecule has 0 fully saturated rings. The summed E-state index contributed by atoms with van der Waals surface area (Å²) in [6, 6.07) is 13.1. The van der Waals surface area contributed by atoms with Crippen LogP contribution in [0.15, 0.2) is 60.9 Å². The summed E-state index contributed by atoms with van der Waals surface area (Å²) in [5, 5.41) is 1.33. The average molecular weight is 483 g/mol. The van der Waals surface area contributed by atoms with E-state index in [1.807, 2.05) is 30.6 Å². The van der Waals surface area contributed by atoms with E-state index in [4.69, 9.17) is 0 Å². The van der Waals surface area contributed by atoms with Gasteiger partial charge in [-0.1, -0.05) is 49.7 Å². The third kappa shape index (κ3) is 6.35. The van der Waals surface area contributed by atoms with Crippen molar-refractivity contribution >= 4 is 10.8 Å². The molecular weight excluding hydrogens is 456 g/mol. The van der Waals surface area contributed by atoms with Crippen molar-refractivity contribution in [3.63, 3.8) is 0 Å². The number of hydrogen-bond donors (Lipinski definition) is 0. The van der Waals surface area contributed by atoms with Crippen LogP contribution in [0, 0.1) is 11.6 Å². The Bertz CT molecular complexity index is 1290. The number of alkyl halides is 2. The number of hydrogen-bond acceptors (Lipinski definition) is 3. The maximum absolute atomic E-state index is 15.1. The van der Waals surface area contributed by atoms with Crippen LogP contribution in [0.1, 0.15) is 41.4 Å². The van der Waals surface area contributed by atoms with E-state index in [0.29, 0.717) is 35.8 Å². The van der Waals surface area contributed by atoms with Gasteiger partial charge in [0, 0.05) is 24.2 Å². The highest BCUT2D eigenvalue weighted by molar-refractivity contribution is 5.84. The summed E-state index contributed by atoms with van der Waals surface area (Å²) in [5.41, 5.74) is 3.30. The molecule has 0 saturated carbocycles. The van der Waals surface area contributed by atoms with Crippen LogP contribution in [0.5, 0.6) is 5.75 Å². The van der Waals surface area contributed by atoms with Crippen molar-refractivity contribution in [1.82, 2.24) is 9.97 Å². The topological polar surface area (TPSA) is 35.0 Å². The van der Waals surface area contributed by atoms with E-state index >= 15 is 4.39 Å². The third-order valence-corrected chi connectivity index (χ3v) is 5.93. The summed E-state index contributed by atoms with van der Waals surface area (Å²) in [4.78, 5) is 8.87. The quantitative estimate of drug-likeness (QED) is 0.228. The lowest BCUT2D eigenvalue weighted by Crippen LogP contribution is -2.04. The van der Waals surface area contributed by atoms with Crippen LogP contribution in [0.4, 0.5) is 17.6 Å². The molecule has 0 saturated heterocycles. The highest BCUT2D eigenvalue weighted by atomic mass is 19.3. The van der Waals surface area contributed by atoms with Gasteiger partial charge in [-0.15, -0.1) is 0 Å². The van der Waals surface area contributed by atoms with Crippen LogP contribution in [-0.4, -0.2) is 16.6 Å². The maximum atomic E-state index is 15.1. The van der Waals surface area contributed by atoms with Gasteiger partial charge in [0.15, 0.2) is 11.6 Å². The molecule has 35 heavy (non-hydrogen) atoms. The Morgan fingerprint density at radius 3 is 2.20 bits per heavy atom. The second-order valence-electron chi connectivity index (χ2n) is 8.49.